The van der Waals surface area contributed by atoms with E-state index in [-0.39, 0.29) is 26.0 Å². The van der Waals surface area contributed by atoms with Crippen molar-refractivity contribution >= 4 is 27.8 Å². The van der Waals surface area contributed by atoms with E-state index in [1.807, 2.05) is 0 Å². The van der Waals surface area contributed by atoms with Gasteiger partial charge in [-0.25, -0.2) is 0 Å². The van der Waals surface area contributed by atoms with Gasteiger partial charge in [-0.05, 0) is 0 Å². The second-order valence-corrected chi connectivity index (χ2v) is 20.5. The average molecular weight is 459 g/mol. The molecule has 108 valence electrons. The topological polar surface area (TPSA) is 69.8 Å². The van der Waals surface area contributed by atoms with Crippen molar-refractivity contribution in [2.24, 2.45) is 0 Å². The summed E-state index contributed by atoms with van der Waals surface area (Å²) >= 11 is -2.46. The largest absolute Gasteiger partial charge is 0 e. The minimum absolute atomic E-state index is 0. The van der Waals surface area contributed by atoms with Crippen molar-refractivity contribution < 1.29 is 25.2 Å². The van der Waals surface area contributed by atoms with Crippen LogP contribution < -0.4 is 4.74 Å². The van der Waals surface area contributed by atoms with Gasteiger partial charge in [-0.2, -0.15) is 0 Å². The average Bonchev–Trinajstić information content (AvgIpc) is 2.97. The Bertz CT molecular complexity index is 495. The molecule has 1 saturated carbocycles. The van der Waals surface area contributed by atoms with Gasteiger partial charge in [-0.15, -0.1) is 0 Å². The number of nitrogens with zero attached hydrogens (tertiary/aromatic N) is 1. The molecule has 0 bridgehead atoms. The van der Waals surface area contributed by atoms with E-state index in [0.717, 1.165) is 12.8 Å². The molecule has 4 nitrogen and oxygen atoms in total. The van der Waals surface area contributed by atoms with Gasteiger partial charge in [0.2, 0.25) is 0 Å². The summed E-state index contributed by atoms with van der Waals surface area (Å²) in [6.07, 6.45) is 3.62. The third-order valence-corrected chi connectivity index (χ3v) is 8.25. The molecule has 1 aliphatic carbocycles. The molecular formula is C13H20N3OPdSn-. The van der Waals surface area contributed by atoms with Crippen molar-refractivity contribution in [1.82, 2.24) is 4.98 Å². The molecule has 6 heteroatoms. The molecular weight excluding hydrogens is 439 g/mol. The quantitative estimate of drug-likeness (QED) is 0.548. The molecule has 1 aromatic heterocycles. The van der Waals surface area contributed by atoms with Crippen LogP contribution in [0.2, 0.25) is 14.8 Å². The number of aromatic nitrogens is 1. The summed E-state index contributed by atoms with van der Waals surface area (Å²) in [5, 5.41) is 8.26. The van der Waals surface area contributed by atoms with Crippen molar-refractivity contribution in [3.05, 3.63) is 23.6 Å². The Labute approximate surface area is 132 Å². The van der Waals surface area contributed by atoms with E-state index in [2.05, 4.69) is 26.7 Å². The van der Waals surface area contributed by atoms with Crippen LogP contribution in [0, 0.1) is 5.41 Å². The fraction of sp³-hybridized carbons (Fsp3) is 0.538. The number of ether oxygens (including phenoxy) is 1. The standard InChI is InChI=1S/C10H11N3O.3CH3.Pd.Sn/c1-10(2-3-10)14-9-4-7(5-11)8(12)6-13-9;;;;;/h4,6,11-12H,2-3H2,1H3;3*1H3;;/q-1;;;;;. The molecule has 0 unspecified atom stereocenters. The summed E-state index contributed by atoms with van der Waals surface area (Å²) < 4.78 is 6.46. The van der Waals surface area contributed by atoms with E-state index in [4.69, 9.17) is 15.9 Å². The zero-order chi connectivity index (χ0) is 13.6. The van der Waals surface area contributed by atoms with Crippen molar-refractivity contribution in [2.45, 2.75) is 40.2 Å². The molecule has 0 aromatic carbocycles. The predicted molar refractivity (Wildman–Crippen MR) is 76.7 cm³/mol. The molecule has 0 spiro atoms. The zero-order valence-electron chi connectivity index (χ0n) is 11.7. The maximum atomic E-state index is 8.26. The third-order valence-electron chi connectivity index (χ3n) is 3.20. The normalized spacial score (nSPS) is 16.4. The van der Waals surface area contributed by atoms with Crippen LogP contribution in [-0.4, -0.2) is 32.7 Å². The van der Waals surface area contributed by atoms with Gasteiger partial charge in [0, 0.05) is 20.4 Å². The SMILES string of the molecule is CC1(Oc2cc([C](=N)[Sn]([CH3])([CH3])[CH3])c([NH-])cn2)CC1.[Pd]. The molecule has 1 fully saturated rings. The van der Waals surface area contributed by atoms with Crippen LogP contribution in [0.1, 0.15) is 25.3 Å². The molecule has 0 amide bonds. The summed E-state index contributed by atoms with van der Waals surface area (Å²) in [4.78, 5) is 10.7. The Morgan fingerprint density at radius 3 is 2.47 bits per heavy atom. The molecule has 2 rings (SSSR count). The van der Waals surface area contributed by atoms with Gasteiger partial charge in [0.05, 0.1) is 0 Å². The summed E-state index contributed by atoms with van der Waals surface area (Å²) in [5.41, 5.74) is 8.87. The van der Waals surface area contributed by atoms with Crippen molar-refractivity contribution in [3.63, 3.8) is 0 Å². The van der Waals surface area contributed by atoms with Gasteiger partial charge in [-0.1, -0.05) is 0 Å². The van der Waals surface area contributed by atoms with Gasteiger partial charge in [0.25, 0.3) is 0 Å². The minimum Gasteiger partial charge on any atom is 0 e. The summed E-state index contributed by atoms with van der Waals surface area (Å²) in [6, 6.07) is 1.77. The Hall–Kier alpha value is -0.119. The number of rotatable bonds is 4. The van der Waals surface area contributed by atoms with E-state index in [1.54, 1.807) is 6.07 Å². The fourth-order valence-electron chi connectivity index (χ4n) is 1.63. The van der Waals surface area contributed by atoms with Crippen LogP contribution in [0.3, 0.4) is 0 Å². The minimum atomic E-state index is -2.46. The zero-order valence-corrected chi connectivity index (χ0v) is 16.1. The predicted octanol–water partition coefficient (Wildman–Crippen LogP) is 3.94. The number of nitrogens with one attached hydrogen (secondary N) is 2. The maximum Gasteiger partial charge on any atom is 0 e. The summed E-state index contributed by atoms with van der Waals surface area (Å²) in [5.74, 6) is 0.557. The molecule has 0 radical (unpaired) electrons. The van der Waals surface area contributed by atoms with Crippen LogP contribution in [0.4, 0.5) is 5.69 Å². The number of hydrogen-bond donors (Lipinski definition) is 1. The molecule has 1 aliphatic rings. The Kier molecular flexibility index (Phi) is 5.09. The van der Waals surface area contributed by atoms with Crippen LogP contribution in [0.15, 0.2) is 12.3 Å². The molecule has 19 heavy (non-hydrogen) atoms. The second kappa shape index (κ2) is 5.71. The maximum absolute atomic E-state index is 8.26. The second-order valence-electron chi connectivity index (χ2n) is 6.25. The Morgan fingerprint density at radius 1 is 1.42 bits per heavy atom. The van der Waals surface area contributed by atoms with Gasteiger partial charge < -0.3 is 0 Å². The molecule has 0 saturated heterocycles. The third kappa shape index (κ3) is 4.17. The van der Waals surface area contributed by atoms with E-state index >= 15 is 0 Å². The molecule has 0 aliphatic heterocycles. The van der Waals surface area contributed by atoms with Gasteiger partial charge in [0.15, 0.2) is 0 Å². The van der Waals surface area contributed by atoms with Crippen LogP contribution in [0.5, 0.6) is 5.88 Å². The van der Waals surface area contributed by atoms with E-state index < -0.39 is 18.4 Å². The van der Waals surface area contributed by atoms with E-state index in [9.17, 15) is 0 Å². The van der Waals surface area contributed by atoms with Gasteiger partial charge >= 0.3 is 113 Å². The Morgan fingerprint density at radius 2 is 2.00 bits per heavy atom. The van der Waals surface area contributed by atoms with Crippen LogP contribution >= 0.6 is 0 Å². The van der Waals surface area contributed by atoms with Crippen molar-refractivity contribution in [2.75, 3.05) is 0 Å². The summed E-state index contributed by atoms with van der Waals surface area (Å²) in [6.45, 7) is 2.07. The first kappa shape index (κ1) is 16.9. The molecule has 1 heterocycles. The monoisotopic (exact) mass is 460 g/mol. The van der Waals surface area contributed by atoms with E-state index in [0.29, 0.717) is 20.9 Å². The number of pyridine rings is 1. The molecule has 0 atom stereocenters. The van der Waals surface area contributed by atoms with E-state index in [1.165, 1.54) is 6.20 Å². The number of hydrogen-bond acceptors (Lipinski definition) is 3. The van der Waals surface area contributed by atoms with Crippen LogP contribution in [-0.2, 0) is 20.4 Å². The van der Waals surface area contributed by atoms with Crippen LogP contribution in [0.25, 0.3) is 5.73 Å². The molecule has 2 N–H and O–H groups in total. The van der Waals surface area contributed by atoms with Gasteiger partial charge in [-0.3, -0.25) is 0 Å². The first-order valence-corrected chi connectivity index (χ1v) is 16.2. The van der Waals surface area contributed by atoms with Crippen molar-refractivity contribution in [3.8, 4) is 5.88 Å². The van der Waals surface area contributed by atoms with Gasteiger partial charge in [0.1, 0.15) is 0 Å². The first-order chi connectivity index (χ1) is 8.21. The smallest absolute Gasteiger partial charge is 0 e. The first-order valence-electron chi connectivity index (χ1n) is 6.21. The Balaban J connectivity index is 0.00000180. The fourth-order valence-corrected chi connectivity index (χ4v) is 4.53. The summed E-state index contributed by atoms with van der Waals surface area (Å²) in [7, 11) is 0. The van der Waals surface area contributed by atoms with Crippen molar-refractivity contribution in [1.29, 1.82) is 5.41 Å². The molecule has 1 aromatic rings.